The zero-order valence-corrected chi connectivity index (χ0v) is 20.9. The van der Waals surface area contributed by atoms with Crippen molar-refractivity contribution in [1.29, 1.82) is 0 Å². The summed E-state index contributed by atoms with van der Waals surface area (Å²) >= 11 is 1.73. The Bertz CT molecular complexity index is 1280. The van der Waals surface area contributed by atoms with Crippen LogP contribution in [0.15, 0.2) is 24.4 Å². The van der Waals surface area contributed by atoms with Crippen LogP contribution in [0.3, 0.4) is 0 Å². The van der Waals surface area contributed by atoms with Gasteiger partial charge in [-0.3, -0.25) is 4.98 Å². The Morgan fingerprint density at radius 2 is 1.94 bits per heavy atom. The highest BCUT2D eigenvalue weighted by Gasteiger charge is 2.31. The average molecular weight is 459 g/mol. The number of hydrogen-bond acceptors (Lipinski definition) is 5. The summed E-state index contributed by atoms with van der Waals surface area (Å²) in [7, 11) is 0. The number of anilines is 1. The maximum atomic E-state index is 11.8. The number of ether oxygens (including phenoxy) is 1. The molecule has 170 valence electrons. The molecule has 0 N–H and O–H groups in total. The third-order valence-electron chi connectivity index (χ3n) is 7.16. The SMILES string of the molecule is CSN1Cc2cc(C)cnc2-c2c(C)c(-c3ccc4c(c3C)CCCO4)c(CC=O)c(C)c21. The van der Waals surface area contributed by atoms with Crippen LogP contribution >= 0.6 is 11.9 Å². The highest BCUT2D eigenvalue weighted by Crippen LogP contribution is 2.50. The summed E-state index contributed by atoms with van der Waals surface area (Å²) in [5.41, 5.74) is 14.3. The second kappa shape index (κ2) is 8.53. The molecule has 0 radical (unpaired) electrons. The molecule has 0 atom stereocenters. The lowest BCUT2D eigenvalue weighted by Crippen LogP contribution is -2.23. The number of nitrogens with zero attached hydrogens (tertiary/aromatic N) is 2. The van der Waals surface area contributed by atoms with E-state index >= 15 is 0 Å². The van der Waals surface area contributed by atoms with Gasteiger partial charge in [-0.15, -0.1) is 0 Å². The maximum Gasteiger partial charge on any atom is 0.124 e. The van der Waals surface area contributed by atoms with Crippen LogP contribution in [0, 0.1) is 27.7 Å². The van der Waals surface area contributed by atoms with E-state index in [9.17, 15) is 4.79 Å². The van der Waals surface area contributed by atoms with Crippen molar-refractivity contribution in [3.8, 4) is 28.1 Å². The van der Waals surface area contributed by atoms with Crippen molar-refractivity contribution >= 4 is 23.9 Å². The first-order chi connectivity index (χ1) is 16.0. The van der Waals surface area contributed by atoms with Crippen molar-refractivity contribution in [2.75, 3.05) is 17.2 Å². The van der Waals surface area contributed by atoms with Crippen LogP contribution in [0.25, 0.3) is 22.4 Å². The van der Waals surface area contributed by atoms with Crippen molar-refractivity contribution in [3.05, 3.63) is 63.3 Å². The van der Waals surface area contributed by atoms with E-state index in [4.69, 9.17) is 9.72 Å². The van der Waals surface area contributed by atoms with Crippen molar-refractivity contribution < 1.29 is 9.53 Å². The van der Waals surface area contributed by atoms with Gasteiger partial charge in [0.15, 0.2) is 0 Å². The second-order valence-corrected chi connectivity index (χ2v) is 9.91. The van der Waals surface area contributed by atoms with Crippen LogP contribution < -0.4 is 9.04 Å². The molecule has 0 bridgehead atoms. The van der Waals surface area contributed by atoms with Gasteiger partial charge in [0.05, 0.1) is 24.5 Å². The molecule has 2 aliphatic heterocycles. The number of benzene rings is 2. The Labute approximate surface area is 200 Å². The number of carbonyl (C=O) groups excluding carboxylic acids is 1. The Kier molecular flexibility index (Phi) is 5.69. The summed E-state index contributed by atoms with van der Waals surface area (Å²) in [5, 5.41) is 0. The third kappa shape index (κ3) is 3.45. The fourth-order valence-electron chi connectivity index (χ4n) is 5.60. The zero-order chi connectivity index (χ0) is 23.3. The minimum atomic E-state index is 0.402. The Morgan fingerprint density at radius 3 is 2.70 bits per heavy atom. The predicted octanol–water partition coefficient (Wildman–Crippen LogP) is 6.31. The first kappa shape index (κ1) is 22.0. The van der Waals surface area contributed by atoms with Crippen LogP contribution in [0.4, 0.5) is 5.69 Å². The molecule has 3 aromatic rings. The number of hydrogen-bond donors (Lipinski definition) is 0. The van der Waals surface area contributed by atoms with Gasteiger partial charge in [0.2, 0.25) is 0 Å². The molecule has 0 saturated heterocycles. The van der Waals surface area contributed by atoms with Crippen LogP contribution in [0.2, 0.25) is 0 Å². The lowest BCUT2D eigenvalue weighted by molar-refractivity contribution is -0.107. The molecule has 33 heavy (non-hydrogen) atoms. The summed E-state index contributed by atoms with van der Waals surface area (Å²) in [6.45, 7) is 10.3. The third-order valence-corrected chi connectivity index (χ3v) is 7.91. The molecule has 0 saturated carbocycles. The van der Waals surface area contributed by atoms with E-state index in [2.05, 4.69) is 56.5 Å². The molecule has 0 aliphatic carbocycles. The Morgan fingerprint density at radius 1 is 1.12 bits per heavy atom. The predicted molar refractivity (Wildman–Crippen MR) is 137 cm³/mol. The Balaban J connectivity index is 1.86. The van der Waals surface area contributed by atoms with E-state index < -0.39 is 0 Å². The summed E-state index contributed by atoms with van der Waals surface area (Å²) in [4.78, 5) is 16.8. The van der Waals surface area contributed by atoms with Crippen LogP contribution in [-0.2, 0) is 24.2 Å². The minimum Gasteiger partial charge on any atom is -0.493 e. The molecule has 1 aromatic heterocycles. The fourth-order valence-corrected chi connectivity index (χ4v) is 6.28. The monoisotopic (exact) mass is 458 g/mol. The number of pyridine rings is 1. The first-order valence-corrected chi connectivity index (χ1v) is 12.8. The van der Waals surface area contributed by atoms with E-state index in [0.717, 1.165) is 49.3 Å². The molecule has 2 aromatic carbocycles. The first-order valence-electron chi connectivity index (χ1n) is 11.6. The van der Waals surface area contributed by atoms with Gasteiger partial charge in [-0.25, -0.2) is 0 Å². The number of fused-ring (bicyclic) bond motifs is 4. The Hall–Kier alpha value is -2.79. The standard InChI is InChI=1S/C28H30N2O2S/c1-16-13-20-15-30(33-5)28-18(3)23(10-11-31)25(19(4)26(28)27(20)29-14-16)22-8-9-24-21(17(22)2)7-6-12-32-24/h8-9,11,13-14H,6-7,10,12,15H2,1-5H3. The molecular weight excluding hydrogens is 428 g/mol. The second-order valence-electron chi connectivity index (χ2n) is 9.10. The topological polar surface area (TPSA) is 42.4 Å². The number of aldehydes is 1. The molecule has 0 fully saturated rings. The van der Waals surface area contributed by atoms with Gasteiger partial charge < -0.3 is 13.8 Å². The molecule has 0 unspecified atom stereocenters. The fraction of sp³-hybridized carbons (Fsp3) is 0.357. The van der Waals surface area contributed by atoms with E-state index in [1.807, 2.05) is 6.20 Å². The lowest BCUT2D eigenvalue weighted by Gasteiger charge is -2.35. The summed E-state index contributed by atoms with van der Waals surface area (Å²) < 4.78 is 8.28. The lowest BCUT2D eigenvalue weighted by atomic mass is 9.80. The molecule has 5 heteroatoms. The van der Waals surface area contributed by atoms with Crippen molar-refractivity contribution in [1.82, 2.24) is 4.98 Å². The summed E-state index contributed by atoms with van der Waals surface area (Å²) in [6, 6.07) is 6.55. The molecule has 4 nitrogen and oxygen atoms in total. The number of aryl methyl sites for hydroxylation is 1. The van der Waals surface area contributed by atoms with E-state index in [-0.39, 0.29) is 0 Å². The number of aromatic nitrogens is 1. The van der Waals surface area contributed by atoms with Gasteiger partial charge in [-0.1, -0.05) is 24.1 Å². The highest BCUT2D eigenvalue weighted by atomic mass is 32.2. The van der Waals surface area contributed by atoms with Gasteiger partial charge in [0, 0.05) is 24.4 Å². The van der Waals surface area contributed by atoms with Crippen molar-refractivity contribution in [2.24, 2.45) is 0 Å². The van der Waals surface area contributed by atoms with Crippen molar-refractivity contribution in [3.63, 3.8) is 0 Å². The molecule has 0 amide bonds. The summed E-state index contributed by atoms with van der Waals surface area (Å²) in [5.74, 6) is 1.00. The molecule has 2 aliphatic rings. The quantitative estimate of drug-likeness (QED) is 0.338. The van der Waals surface area contributed by atoms with Gasteiger partial charge in [0.1, 0.15) is 12.0 Å². The largest absolute Gasteiger partial charge is 0.493 e. The van der Waals surface area contributed by atoms with Gasteiger partial charge >= 0.3 is 0 Å². The van der Waals surface area contributed by atoms with E-state index in [0.29, 0.717) is 6.42 Å². The molecular formula is C28H30N2O2S. The van der Waals surface area contributed by atoms with Crippen LogP contribution in [0.5, 0.6) is 5.75 Å². The van der Waals surface area contributed by atoms with Crippen molar-refractivity contribution in [2.45, 2.75) is 53.5 Å². The van der Waals surface area contributed by atoms with E-state index in [1.54, 1.807) is 11.9 Å². The average Bonchev–Trinajstić information content (AvgIpc) is 2.82. The van der Waals surface area contributed by atoms with Gasteiger partial charge in [0.25, 0.3) is 0 Å². The smallest absolute Gasteiger partial charge is 0.124 e. The minimum absolute atomic E-state index is 0.402. The highest BCUT2D eigenvalue weighted by molar-refractivity contribution is 7.99. The molecule has 0 spiro atoms. The zero-order valence-electron chi connectivity index (χ0n) is 20.0. The summed E-state index contributed by atoms with van der Waals surface area (Å²) in [6.07, 6.45) is 7.60. The van der Waals surface area contributed by atoms with Gasteiger partial charge in [-0.05, 0) is 96.7 Å². The molecule has 3 heterocycles. The molecule has 5 rings (SSSR count). The van der Waals surface area contributed by atoms with E-state index in [1.165, 1.54) is 55.8 Å². The maximum absolute atomic E-state index is 11.8. The van der Waals surface area contributed by atoms with Crippen LogP contribution in [-0.4, -0.2) is 24.1 Å². The number of rotatable bonds is 4. The van der Waals surface area contributed by atoms with Gasteiger partial charge in [-0.2, -0.15) is 0 Å². The normalized spacial score (nSPS) is 14.3. The van der Waals surface area contributed by atoms with Crippen LogP contribution in [0.1, 0.15) is 45.4 Å². The number of carbonyl (C=O) groups is 1.